The van der Waals surface area contributed by atoms with Crippen molar-refractivity contribution in [1.82, 2.24) is 5.32 Å². The fourth-order valence-electron chi connectivity index (χ4n) is 2.54. The van der Waals surface area contributed by atoms with E-state index in [-0.39, 0.29) is 18.1 Å². The molecule has 0 spiro atoms. The maximum Gasteiger partial charge on any atom is 0.252 e. The number of rotatable bonds is 3. The van der Waals surface area contributed by atoms with E-state index >= 15 is 0 Å². The minimum absolute atomic E-state index is 0.0391. The van der Waals surface area contributed by atoms with Crippen molar-refractivity contribution in [3.63, 3.8) is 0 Å². The van der Waals surface area contributed by atoms with E-state index in [1.54, 1.807) is 11.3 Å². The van der Waals surface area contributed by atoms with Crippen LogP contribution in [0.5, 0.6) is 0 Å². The van der Waals surface area contributed by atoms with Gasteiger partial charge in [0.2, 0.25) is 0 Å². The van der Waals surface area contributed by atoms with E-state index in [2.05, 4.69) is 5.32 Å². The van der Waals surface area contributed by atoms with Crippen LogP contribution >= 0.6 is 11.3 Å². The van der Waals surface area contributed by atoms with Gasteiger partial charge in [-0.15, -0.1) is 11.3 Å². The van der Waals surface area contributed by atoms with Crippen LogP contribution in [-0.4, -0.2) is 23.2 Å². The van der Waals surface area contributed by atoms with Crippen molar-refractivity contribution in [2.75, 3.05) is 6.61 Å². The second kappa shape index (κ2) is 4.78. The monoisotopic (exact) mass is 253 g/mol. The van der Waals surface area contributed by atoms with Crippen molar-refractivity contribution in [3.05, 3.63) is 21.4 Å². The normalized spacial score (nSPS) is 18.3. The SMILES string of the molecule is Cc1cc(C(=O)NC2(CO)CCCC2)c(C)s1. The Labute approximate surface area is 106 Å². The number of aryl methyl sites for hydroxylation is 2. The Hall–Kier alpha value is -0.870. The van der Waals surface area contributed by atoms with Gasteiger partial charge in [-0.3, -0.25) is 4.79 Å². The summed E-state index contributed by atoms with van der Waals surface area (Å²) in [5.41, 5.74) is 0.381. The summed E-state index contributed by atoms with van der Waals surface area (Å²) in [5, 5.41) is 12.5. The van der Waals surface area contributed by atoms with Gasteiger partial charge < -0.3 is 10.4 Å². The van der Waals surface area contributed by atoms with Gasteiger partial charge in [0, 0.05) is 9.75 Å². The summed E-state index contributed by atoms with van der Waals surface area (Å²) < 4.78 is 0. The molecule has 1 amide bonds. The third-order valence-electron chi connectivity index (χ3n) is 3.53. The topological polar surface area (TPSA) is 49.3 Å². The van der Waals surface area contributed by atoms with Crippen LogP contribution in [-0.2, 0) is 0 Å². The molecule has 0 atom stereocenters. The van der Waals surface area contributed by atoms with Crippen molar-refractivity contribution >= 4 is 17.2 Å². The zero-order valence-electron chi connectivity index (χ0n) is 10.4. The number of carbonyl (C=O) groups excluding carboxylic acids is 1. The van der Waals surface area contributed by atoms with Gasteiger partial charge in [-0.2, -0.15) is 0 Å². The molecule has 1 saturated carbocycles. The molecule has 1 fully saturated rings. The molecule has 3 nitrogen and oxygen atoms in total. The molecule has 1 aliphatic carbocycles. The second-order valence-corrected chi connectivity index (χ2v) is 6.39. The molecule has 17 heavy (non-hydrogen) atoms. The number of aliphatic hydroxyl groups is 1. The second-order valence-electron chi connectivity index (χ2n) is 4.93. The van der Waals surface area contributed by atoms with Crippen molar-refractivity contribution < 1.29 is 9.90 Å². The number of amides is 1. The molecule has 0 radical (unpaired) electrons. The Morgan fingerprint density at radius 2 is 2.12 bits per heavy atom. The number of hydrogen-bond donors (Lipinski definition) is 2. The van der Waals surface area contributed by atoms with E-state index < -0.39 is 0 Å². The Balaban J connectivity index is 2.13. The van der Waals surface area contributed by atoms with E-state index in [9.17, 15) is 9.90 Å². The van der Waals surface area contributed by atoms with Crippen molar-refractivity contribution in [1.29, 1.82) is 0 Å². The lowest BCUT2D eigenvalue weighted by Gasteiger charge is -2.27. The highest BCUT2D eigenvalue weighted by atomic mass is 32.1. The van der Waals surface area contributed by atoms with Gasteiger partial charge in [0.15, 0.2) is 0 Å². The van der Waals surface area contributed by atoms with Gasteiger partial charge in [-0.25, -0.2) is 0 Å². The molecule has 4 heteroatoms. The number of carbonyl (C=O) groups is 1. The molecule has 94 valence electrons. The fraction of sp³-hybridized carbons (Fsp3) is 0.615. The number of thiophene rings is 1. The molecule has 2 N–H and O–H groups in total. The first kappa shape index (κ1) is 12.6. The summed E-state index contributed by atoms with van der Waals surface area (Å²) in [6.07, 6.45) is 3.94. The summed E-state index contributed by atoms with van der Waals surface area (Å²) in [5.74, 6) is -0.0391. The van der Waals surface area contributed by atoms with Gasteiger partial charge in [-0.1, -0.05) is 12.8 Å². The third-order valence-corrected chi connectivity index (χ3v) is 4.49. The summed E-state index contributed by atoms with van der Waals surface area (Å²) in [6.45, 7) is 4.01. The highest BCUT2D eigenvalue weighted by Gasteiger charge is 2.35. The van der Waals surface area contributed by atoms with Gasteiger partial charge in [0.1, 0.15) is 0 Å². The van der Waals surface area contributed by atoms with E-state index in [1.165, 1.54) is 0 Å². The van der Waals surface area contributed by atoms with Gasteiger partial charge in [0.25, 0.3) is 5.91 Å². The summed E-state index contributed by atoms with van der Waals surface area (Å²) >= 11 is 1.64. The Morgan fingerprint density at radius 3 is 2.59 bits per heavy atom. The summed E-state index contributed by atoms with van der Waals surface area (Å²) in [4.78, 5) is 14.4. The molecular weight excluding hydrogens is 234 g/mol. The molecule has 0 bridgehead atoms. The lowest BCUT2D eigenvalue weighted by atomic mass is 9.98. The van der Waals surface area contributed by atoms with Crippen molar-refractivity contribution in [3.8, 4) is 0 Å². The highest BCUT2D eigenvalue weighted by molar-refractivity contribution is 7.12. The maximum atomic E-state index is 12.2. The molecule has 2 rings (SSSR count). The summed E-state index contributed by atoms with van der Waals surface area (Å²) in [6, 6.07) is 1.93. The van der Waals surface area contributed by atoms with Gasteiger partial charge >= 0.3 is 0 Å². The predicted octanol–water partition coefficient (Wildman–Crippen LogP) is 2.40. The number of aliphatic hydroxyl groups excluding tert-OH is 1. The molecule has 1 heterocycles. The lowest BCUT2D eigenvalue weighted by molar-refractivity contribution is 0.0838. The first-order valence-electron chi connectivity index (χ1n) is 6.07. The van der Waals surface area contributed by atoms with Crippen LogP contribution in [0.4, 0.5) is 0 Å². The quantitative estimate of drug-likeness (QED) is 0.869. The van der Waals surface area contributed by atoms with Crippen LogP contribution in [0.2, 0.25) is 0 Å². The molecule has 0 aliphatic heterocycles. The minimum Gasteiger partial charge on any atom is -0.394 e. The third kappa shape index (κ3) is 2.53. The minimum atomic E-state index is -0.376. The molecule has 0 saturated heterocycles. The summed E-state index contributed by atoms with van der Waals surface area (Å²) in [7, 11) is 0. The molecule has 1 aliphatic rings. The van der Waals surface area contributed by atoms with E-state index in [1.807, 2.05) is 19.9 Å². The lowest BCUT2D eigenvalue weighted by Crippen LogP contribution is -2.49. The van der Waals surface area contributed by atoms with E-state index in [0.717, 1.165) is 41.0 Å². The smallest absolute Gasteiger partial charge is 0.252 e. The number of nitrogens with one attached hydrogen (secondary N) is 1. The first-order valence-corrected chi connectivity index (χ1v) is 6.88. The molecular formula is C13H19NO2S. The fourth-order valence-corrected chi connectivity index (χ4v) is 3.46. The van der Waals surface area contributed by atoms with Crippen LogP contribution in [0.3, 0.4) is 0 Å². The zero-order valence-corrected chi connectivity index (χ0v) is 11.2. The highest BCUT2D eigenvalue weighted by Crippen LogP contribution is 2.30. The zero-order chi connectivity index (χ0) is 12.5. The Bertz CT molecular complexity index is 419. The van der Waals surface area contributed by atoms with Gasteiger partial charge in [-0.05, 0) is 32.8 Å². The predicted molar refractivity (Wildman–Crippen MR) is 69.5 cm³/mol. The molecule has 1 aromatic rings. The van der Waals surface area contributed by atoms with E-state index in [4.69, 9.17) is 0 Å². The Kier molecular flexibility index (Phi) is 3.54. The van der Waals surface area contributed by atoms with Gasteiger partial charge in [0.05, 0.1) is 17.7 Å². The van der Waals surface area contributed by atoms with Crippen molar-refractivity contribution in [2.45, 2.75) is 45.1 Å². The van der Waals surface area contributed by atoms with E-state index in [0.29, 0.717) is 0 Å². The maximum absolute atomic E-state index is 12.2. The molecule has 0 aromatic carbocycles. The van der Waals surface area contributed by atoms with Crippen LogP contribution in [0.1, 0.15) is 45.8 Å². The largest absolute Gasteiger partial charge is 0.394 e. The van der Waals surface area contributed by atoms with Crippen LogP contribution in [0.25, 0.3) is 0 Å². The van der Waals surface area contributed by atoms with Crippen LogP contribution in [0, 0.1) is 13.8 Å². The average molecular weight is 253 g/mol. The molecule has 1 aromatic heterocycles. The van der Waals surface area contributed by atoms with Crippen LogP contribution in [0.15, 0.2) is 6.07 Å². The average Bonchev–Trinajstić information content (AvgIpc) is 2.86. The number of hydrogen-bond acceptors (Lipinski definition) is 3. The van der Waals surface area contributed by atoms with Crippen LogP contribution < -0.4 is 5.32 Å². The first-order chi connectivity index (χ1) is 8.06. The van der Waals surface area contributed by atoms with Crippen molar-refractivity contribution in [2.24, 2.45) is 0 Å². The Morgan fingerprint density at radius 1 is 1.47 bits per heavy atom. The molecule has 0 unspecified atom stereocenters. The standard InChI is InChI=1S/C13H19NO2S/c1-9-7-11(10(2)17-9)12(16)14-13(8-15)5-3-4-6-13/h7,15H,3-6,8H2,1-2H3,(H,14,16).